The molecule has 0 radical (unpaired) electrons. The van der Waals surface area contributed by atoms with Crippen molar-refractivity contribution >= 4 is 37.8 Å². The Balaban J connectivity index is 1.99. The highest BCUT2D eigenvalue weighted by atomic mass is 79.9. The molecule has 1 atom stereocenters. The van der Waals surface area contributed by atoms with Gasteiger partial charge in [0, 0.05) is 16.6 Å². The zero-order valence-corrected chi connectivity index (χ0v) is 14.2. The van der Waals surface area contributed by atoms with Crippen LogP contribution in [0.25, 0.3) is 0 Å². The molecule has 0 aliphatic carbocycles. The number of hydrogen-bond acceptors (Lipinski definition) is 1. The van der Waals surface area contributed by atoms with Crippen LogP contribution in [-0.4, -0.2) is 12.5 Å². The van der Waals surface area contributed by atoms with Gasteiger partial charge in [0.05, 0.1) is 4.83 Å². The summed E-state index contributed by atoms with van der Waals surface area (Å²) in [6.45, 7) is 2.49. The molecule has 0 aromatic heterocycles. The number of nitrogens with one attached hydrogen (secondary N) is 1. The molecule has 0 spiro atoms. The summed E-state index contributed by atoms with van der Waals surface area (Å²) in [7, 11) is 0. The Morgan fingerprint density at radius 3 is 2.55 bits per heavy atom. The molecule has 0 bridgehead atoms. The fourth-order valence-electron chi connectivity index (χ4n) is 1.94. The quantitative estimate of drug-likeness (QED) is 0.750. The lowest BCUT2D eigenvalue weighted by Gasteiger charge is -2.12. The minimum absolute atomic E-state index is 0.0459. The number of hydrogen-bond donors (Lipinski definition) is 1. The van der Waals surface area contributed by atoms with Gasteiger partial charge < -0.3 is 5.32 Å². The number of amides is 1. The lowest BCUT2D eigenvalue weighted by molar-refractivity contribution is 0.0953. The molecular formula is C16H15Br2NO. The maximum Gasteiger partial charge on any atom is 0.251 e. The average Bonchev–Trinajstić information content (AvgIpc) is 2.45. The predicted octanol–water partition coefficient (Wildman–Crippen LogP) is 4.62. The molecule has 0 saturated heterocycles. The maximum absolute atomic E-state index is 12.2. The lowest BCUT2D eigenvalue weighted by Crippen LogP contribution is -2.27. The van der Waals surface area contributed by atoms with E-state index in [-0.39, 0.29) is 10.7 Å². The predicted molar refractivity (Wildman–Crippen MR) is 89.3 cm³/mol. The van der Waals surface area contributed by atoms with Gasteiger partial charge in [-0.3, -0.25) is 4.79 Å². The van der Waals surface area contributed by atoms with Crippen molar-refractivity contribution in [3.8, 4) is 0 Å². The Labute approximate surface area is 135 Å². The SMILES string of the molecule is Cc1cc(Br)ccc1C(=O)NCC(Br)c1ccccc1. The summed E-state index contributed by atoms with van der Waals surface area (Å²) in [5.41, 5.74) is 2.82. The van der Waals surface area contributed by atoms with Crippen LogP contribution in [-0.2, 0) is 0 Å². The summed E-state index contributed by atoms with van der Waals surface area (Å²) in [5.74, 6) is -0.0459. The number of aryl methyl sites for hydroxylation is 1. The number of carbonyl (C=O) groups is 1. The zero-order chi connectivity index (χ0) is 14.5. The second kappa shape index (κ2) is 7.04. The van der Waals surface area contributed by atoms with Gasteiger partial charge in [-0.2, -0.15) is 0 Å². The second-order valence-corrected chi connectivity index (χ2v) is 6.57. The Kier molecular flexibility index (Phi) is 5.38. The van der Waals surface area contributed by atoms with E-state index < -0.39 is 0 Å². The normalized spacial score (nSPS) is 11.9. The van der Waals surface area contributed by atoms with Crippen LogP contribution >= 0.6 is 31.9 Å². The molecule has 1 N–H and O–H groups in total. The number of benzene rings is 2. The monoisotopic (exact) mass is 395 g/mol. The van der Waals surface area contributed by atoms with E-state index in [1.807, 2.05) is 55.5 Å². The van der Waals surface area contributed by atoms with Crippen LogP contribution in [0.2, 0.25) is 0 Å². The Morgan fingerprint density at radius 2 is 1.90 bits per heavy atom. The number of halogens is 2. The van der Waals surface area contributed by atoms with E-state index in [2.05, 4.69) is 37.2 Å². The van der Waals surface area contributed by atoms with Crippen molar-refractivity contribution in [2.45, 2.75) is 11.8 Å². The van der Waals surface area contributed by atoms with Crippen LogP contribution in [0.3, 0.4) is 0 Å². The van der Waals surface area contributed by atoms with Crippen LogP contribution in [0.5, 0.6) is 0 Å². The molecule has 0 aliphatic rings. The second-order valence-electron chi connectivity index (χ2n) is 4.55. The van der Waals surface area contributed by atoms with Gasteiger partial charge in [0.2, 0.25) is 0 Å². The molecule has 4 heteroatoms. The summed E-state index contributed by atoms with van der Waals surface area (Å²) in [5, 5.41) is 2.96. The van der Waals surface area contributed by atoms with Gasteiger partial charge in [-0.1, -0.05) is 62.2 Å². The van der Waals surface area contributed by atoms with Crippen LogP contribution in [0.15, 0.2) is 53.0 Å². The van der Waals surface area contributed by atoms with E-state index in [1.165, 1.54) is 0 Å². The largest absolute Gasteiger partial charge is 0.351 e. The van der Waals surface area contributed by atoms with Crippen LogP contribution in [0.1, 0.15) is 26.3 Å². The van der Waals surface area contributed by atoms with Crippen molar-refractivity contribution in [1.82, 2.24) is 5.32 Å². The van der Waals surface area contributed by atoms with Crippen LogP contribution in [0.4, 0.5) is 0 Å². The molecule has 2 aromatic rings. The molecule has 0 heterocycles. The van der Waals surface area contributed by atoms with Gasteiger partial charge in [0.1, 0.15) is 0 Å². The third kappa shape index (κ3) is 3.93. The maximum atomic E-state index is 12.2. The van der Waals surface area contributed by atoms with E-state index >= 15 is 0 Å². The highest BCUT2D eigenvalue weighted by molar-refractivity contribution is 9.10. The first kappa shape index (κ1) is 15.3. The zero-order valence-electron chi connectivity index (χ0n) is 11.1. The average molecular weight is 397 g/mol. The summed E-state index contributed by atoms with van der Waals surface area (Å²) in [6.07, 6.45) is 0. The van der Waals surface area contributed by atoms with E-state index in [0.717, 1.165) is 15.6 Å². The molecule has 104 valence electrons. The van der Waals surface area contributed by atoms with Gasteiger partial charge >= 0.3 is 0 Å². The van der Waals surface area contributed by atoms with E-state index in [4.69, 9.17) is 0 Å². The number of rotatable bonds is 4. The van der Waals surface area contributed by atoms with Crippen molar-refractivity contribution in [3.63, 3.8) is 0 Å². The molecule has 2 rings (SSSR count). The molecule has 2 aromatic carbocycles. The molecule has 0 saturated carbocycles. The molecule has 0 aliphatic heterocycles. The third-order valence-electron chi connectivity index (χ3n) is 3.04. The highest BCUT2D eigenvalue weighted by Gasteiger charge is 2.12. The Hall–Kier alpha value is -1.13. The van der Waals surface area contributed by atoms with E-state index in [9.17, 15) is 4.79 Å². The summed E-state index contributed by atoms with van der Waals surface area (Å²) >= 11 is 6.99. The molecule has 20 heavy (non-hydrogen) atoms. The highest BCUT2D eigenvalue weighted by Crippen LogP contribution is 2.21. The minimum atomic E-state index is -0.0459. The number of alkyl halides is 1. The van der Waals surface area contributed by atoms with Crippen LogP contribution < -0.4 is 5.32 Å². The molecule has 2 nitrogen and oxygen atoms in total. The van der Waals surface area contributed by atoms with Gasteiger partial charge in [0.25, 0.3) is 5.91 Å². The fraction of sp³-hybridized carbons (Fsp3) is 0.188. The Morgan fingerprint density at radius 1 is 1.20 bits per heavy atom. The lowest BCUT2D eigenvalue weighted by atomic mass is 10.1. The van der Waals surface area contributed by atoms with E-state index in [1.54, 1.807) is 0 Å². The van der Waals surface area contributed by atoms with Gasteiger partial charge in [-0.05, 0) is 36.2 Å². The third-order valence-corrected chi connectivity index (χ3v) is 4.38. The number of carbonyl (C=O) groups excluding carboxylic acids is 1. The van der Waals surface area contributed by atoms with Crippen molar-refractivity contribution in [1.29, 1.82) is 0 Å². The van der Waals surface area contributed by atoms with Gasteiger partial charge in [-0.15, -0.1) is 0 Å². The van der Waals surface area contributed by atoms with Crippen molar-refractivity contribution < 1.29 is 4.79 Å². The summed E-state index contributed by atoms with van der Waals surface area (Å²) in [4.78, 5) is 12.3. The molecule has 1 unspecified atom stereocenters. The van der Waals surface area contributed by atoms with Gasteiger partial charge in [-0.25, -0.2) is 0 Å². The van der Waals surface area contributed by atoms with Crippen LogP contribution in [0, 0.1) is 6.92 Å². The Bertz CT molecular complexity index is 599. The van der Waals surface area contributed by atoms with Crippen molar-refractivity contribution in [2.24, 2.45) is 0 Å². The van der Waals surface area contributed by atoms with E-state index in [0.29, 0.717) is 12.1 Å². The topological polar surface area (TPSA) is 29.1 Å². The molecule has 0 fully saturated rings. The summed E-state index contributed by atoms with van der Waals surface area (Å²) in [6, 6.07) is 15.7. The summed E-state index contributed by atoms with van der Waals surface area (Å²) < 4.78 is 0.981. The molecule has 1 amide bonds. The van der Waals surface area contributed by atoms with Gasteiger partial charge in [0.15, 0.2) is 0 Å². The molecular weight excluding hydrogens is 382 g/mol. The minimum Gasteiger partial charge on any atom is -0.351 e. The first-order valence-electron chi connectivity index (χ1n) is 6.31. The first-order valence-corrected chi connectivity index (χ1v) is 8.02. The fourth-order valence-corrected chi connectivity index (χ4v) is 2.88. The first-order chi connectivity index (χ1) is 9.58. The standard InChI is InChI=1S/C16H15Br2NO/c1-11-9-13(17)7-8-14(11)16(20)19-10-15(18)12-5-3-2-4-6-12/h2-9,15H,10H2,1H3,(H,19,20). The smallest absolute Gasteiger partial charge is 0.251 e. The van der Waals surface area contributed by atoms with Crippen molar-refractivity contribution in [2.75, 3.05) is 6.54 Å². The van der Waals surface area contributed by atoms with Crippen molar-refractivity contribution in [3.05, 3.63) is 69.7 Å².